The molecule has 0 rings (SSSR count). The maximum absolute atomic E-state index is 11.1. The summed E-state index contributed by atoms with van der Waals surface area (Å²) < 4.78 is 4.79. The van der Waals surface area contributed by atoms with Gasteiger partial charge in [-0.15, -0.1) is 12.3 Å². The summed E-state index contributed by atoms with van der Waals surface area (Å²) >= 11 is 0. The quantitative estimate of drug-likeness (QED) is 0.320. The molecule has 0 fully saturated rings. The Kier molecular flexibility index (Phi) is 12.1. The monoisotopic (exact) mass is 274 g/mol. The molecule has 0 aliphatic heterocycles. The second-order valence-corrected chi connectivity index (χ2v) is 4.03. The first-order chi connectivity index (χ1) is 9.70. The Labute approximate surface area is 121 Å². The van der Waals surface area contributed by atoms with Crippen molar-refractivity contribution in [2.45, 2.75) is 45.1 Å². The largest absolute Gasteiger partial charge is 0.466 e. The van der Waals surface area contributed by atoms with E-state index in [0.29, 0.717) is 25.9 Å². The standard InChI is InChI=1S/C17H22O3/c1-3-5-6-7-8-9-10-11-13-16(18)14-12-15-17(19)20-4-2/h1,7-10,16,18H,4-6,12,14-15H2,2H3. The van der Waals surface area contributed by atoms with Crippen molar-refractivity contribution in [1.29, 1.82) is 0 Å². The lowest BCUT2D eigenvalue weighted by Gasteiger charge is -2.03. The third-order valence-electron chi connectivity index (χ3n) is 2.30. The molecule has 0 aromatic heterocycles. The van der Waals surface area contributed by atoms with Crippen LogP contribution in [0.2, 0.25) is 0 Å². The molecule has 0 spiro atoms. The average molecular weight is 274 g/mol. The van der Waals surface area contributed by atoms with E-state index < -0.39 is 6.10 Å². The Bertz CT molecular complexity index is 416. The van der Waals surface area contributed by atoms with Crippen LogP contribution in [0.1, 0.15) is 39.0 Å². The van der Waals surface area contributed by atoms with Crippen molar-refractivity contribution in [3.63, 3.8) is 0 Å². The highest BCUT2D eigenvalue weighted by Gasteiger charge is 2.04. The zero-order chi connectivity index (χ0) is 15.1. The number of esters is 1. The Morgan fingerprint density at radius 2 is 2.25 bits per heavy atom. The highest BCUT2D eigenvalue weighted by molar-refractivity contribution is 5.69. The topological polar surface area (TPSA) is 46.5 Å². The minimum Gasteiger partial charge on any atom is -0.466 e. The van der Waals surface area contributed by atoms with Gasteiger partial charge in [0.15, 0.2) is 0 Å². The molecule has 3 heteroatoms. The molecule has 0 saturated carbocycles. The van der Waals surface area contributed by atoms with Crippen molar-refractivity contribution in [3.05, 3.63) is 24.3 Å². The smallest absolute Gasteiger partial charge is 0.305 e. The molecule has 0 radical (unpaired) electrons. The van der Waals surface area contributed by atoms with Gasteiger partial charge in [0, 0.05) is 12.8 Å². The predicted molar refractivity (Wildman–Crippen MR) is 80.6 cm³/mol. The number of hydrogen-bond acceptors (Lipinski definition) is 3. The first-order valence-corrected chi connectivity index (χ1v) is 6.80. The van der Waals surface area contributed by atoms with Gasteiger partial charge in [0.1, 0.15) is 6.10 Å². The van der Waals surface area contributed by atoms with E-state index in [9.17, 15) is 9.90 Å². The SMILES string of the molecule is C#CCCC=CC=CC#CC(O)CCCC(=O)OCC. The van der Waals surface area contributed by atoms with E-state index >= 15 is 0 Å². The number of aliphatic hydroxyl groups excluding tert-OH is 1. The molecule has 0 heterocycles. The highest BCUT2D eigenvalue weighted by Crippen LogP contribution is 2.01. The number of aliphatic hydroxyl groups is 1. The molecular formula is C17H22O3. The fraction of sp³-hybridized carbons (Fsp3) is 0.471. The number of rotatable bonds is 8. The van der Waals surface area contributed by atoms with Crippen molar-refractivity contribution < 1.29 is 14.6 Å². The second-order valence-electron chi connectivity index (χ2n) is 4.03. The zero-order valence-electron chi connectivity index (χ0n) is 12.0. The molecule has 1 atom stereocenters. The molecule has 3 nitrogen and oxygen atoms in total. The summed E-state index contributed by atoms with van der Waals surface area (Å²) in [5, 5.41) is 9.56. The Morgan fingerprint density at radius 3 is 2.95 bits per heavy atom. The van der Waals surface area contributed by atoms with Crippen LogP contribution in [-0.2, 0) is 9.53 Å². The van der Waals surface area contributed by atoms with Crippen molar-refractivity contribution in [1.82, 2.24) is 0 Å². The van der Waals surface area contributed by atoms with Gasteiger partial charge in [-0.2, -0.15) is 0 Å². The summed E-state index contributed by atoms with van der Waals surface area (Å²) in [5.74, 6) is 7.76. The average Bonchev–Trinajstić information content (AvgIpc) is 2.42. The van der Waals surface area contributed by atoms with E-state index in [1.54, 1.807) is 19.1 Å². The van der Waals surface area contributed by atoms with Crippen LogP contribution in [0, 0.1) is 24.2 Å². The van der Waals surface area contributed by atoms with Crippen LogP contribution >= 0.6 is 0 Å². The van der Waals surface area contributed by atoms with Crippen LogP contribution < -0.4 is 0 Å². The maximum Gasteiger partial charge on any atom is 0.305 e. The van der Waals surface area contributed by atoms with Crippen molar-refractivity contribution in [2.24, 2.45) is 0 Å². The molecule has 1 N–H and O–H groups in total. The summed E-state index contributed by atoms with van der Waals surface area (Å²) in [7, 11) is 0. The molecule has 0 aromatic rings. The third-order valence-corrected chi connectivity index (χ3v) is 2.30. The molecule has 0 aliphatic rings. The van der Waals surface area contributed by atoms with Crippen molar-refractivity contribution in [3.8, 4) is 24.2 Å². The first kappa shape index (κ1) is 18.0. The maximum atomic E-state index is 11.1. The number of unbranched alkanes of at least 4 members (excludes halogenated alkanes) is 1. The lowest BCUT2D eigenvalue weighted by Crippen LogP contribution is -2.07. The zero-order valence-corrected chi connectivity index (χ0v) is 12.0. The number of terminal acetylenes is 1. The summed E-state index contributed by atoms with van der Waals surface area (Å²) in [6.45, 7) is 2.16. The number of hydrogen-bond donors (Lipinski definition) is 1. The van der Waals surface area contributed by atoms with Crippen molar-refractivity contribution >= 4 is 5.97 Å². The molecular weight excluding hydrogens is 252 g/mol. The molecule has 108 valence electrons. The van der Waals surface area contributed by atoms with Gasteiger partial charge in [-0.25, -0.2) is 0 Å². The van der Waals surface area contributed by atoms with Gasteiger partial charge >= 0.3 is 5.97 Å². The fourth-order valence-electron chi connectivity index (χ4n) is 1.33. The van der Waals surface area contributed by atoms with Crippen LogP contribution in [-0.4, -0.2) is 23.8 Å². The lowest BCUT2D eigenvalue weighted by molar-refractivity contribution is -0.143. The number of ether oxygens (including phenoxy) is 1. The van der Waals surface area contributed by atoms with Gasteiger partial charge in [-0.3, -0.25) is 4.79 Å². The summed E-state index contributed by atoms with van der Waals surface area (Å²) in [6.07, 6.45) is 14.7. The van der Waals surface area contributed by atoms with Crippen LogP contribution in [0.25, 0.3) is 0 Å². The van der Waals surface area contributed by atoms with E-state index in [-0.39, 0.29) is 5.97 Å². The van der Waals surface area contributed by atoms with Gasteiger partial charge in [0.25, 0.3) is 0 Å². The molecule has 0 bridgehead atoms. The Balaban J connectivity index is 3.76. The van der Waals surface area contributed by atoms with Gasteiger partial charge < -0.3 is 9.84 Å². The van der Waals surface area contributed by atoms with Gasteiger partial charge in [0.2, 0.25) is 0 Å². The van der Waals surface area contributed by atoms with E-state index in [0.717, 1.165) is 12.8 Å². The van der Waals surface area contributed by atoms with E-state index in [1.165, 1.54) is 0 Å². The lowest BCUT2D eigenvalue weighted by atomic mass is 10.1. The summed E-state index contributed by atoms with van der Waals surface area (Å²) in [4.78, 5) is 11.1. The molecule has 0 aromatic carbocycles. The van der Waals surface area contributed by atoms with E-state index in [1.807, 2.05) is 12.2 Å². The summed E-state index contributed by atoms with van der Waals surface area (Å²) in [6, 6.07) is 0. The minimum absolute atomic E-state index is 0.232. The van der Waals surface area contributed by atoms with Crippen LogP contribution in [0.15, 0.2) is 24.3 Å². The highest BCUT2D eigenvalue weighted by atomic mass is 16.5. The van der Waals surface area contributed by atoms with Crippen LogP contribution in [0.3, 0.4) is 0 Å². The molecule has 0 saturated heterocycles. The normalized spacial score (nSPS) is 11.8. The minimum atomic E-state index is -0.709. The first-order valence-electron chi connectivity index (χ1n) is 6.80. The molecule has 0 amide bonds. The van der Waals surface area contributed by atoms with E-state index in [2.05, 4.69) is 17.8 Å². The Morgan fingerprint density at radius 1 is 1.45 bits per heavy atom. The number of carbonyl (C=O) groups excluding carboxylic acids is 1. The van der Waals surface area contributed by atoms with Crippen LogP contribution in [0.4, 0.5) is 0 Å². The summed E-state index contributed by atoms with van der Waals surface area (Å²) in [5.41, 5.74) is 0. The van der Waals surface area contributed by atoms with E-state index in [4.69, 9.17) is 11.2 Å². The van der Waals surface area contributed by atoms with Gasteiger partial charge in [-0.1, -0.05) is 30.1 Å². The van der Waals surface area contributed by atoms with Crippen molar-refractivity contribution in [2.75, 3.05) is 6.61 Å². The number of carbonyl (C=O) groups is 1. The van der Waals surface area contributed by atoms with Gasteiger partial charge in [-0.05, 0) is 32.3 Å². The third kappa shape index (κ3) is 12.5. The molecule has 20 heavy (non-hydrogen) atoms. The van der Waals surface area contributed by atoms with Crippen LogP contribution in [0.5, 0.6) is 0 Å². The second kappa shape index (κ2) is 13.5. The predicted octanol–water partition coefficient (Wildman–Crippen LogP) is 2.61. The van der Waals surface area contributed by atoms with Gasteiger partial charge in [0.05, 0.1) is 6.61 Å². The Hall–Kier alpha value is -1.97. The molecule has 0 aliphatic carbocycles. The fourth-order valence-corrected chi connectivity index (χ4v) is 1.33. The number of allylic oxidation sites excluding steroid dienone is 4. The molecule has 1 unspecified atom stereocenters.